The maximum absolute atomic E-state index is 5.63. The number of nitrogens with zero attached hydrogens (tertiary/aromatic N) is 2. The highest BCUT2D eigenvalue weighted by molar-refractivity contribution is 6.28. The van der Waals surface area contributed by atoms with Gasteiger partial charge in [0, 0.05) is 6.42 Å². The van der Waals surface area contributed by atoms with Crippen LogP contribution in [-0.4, -0.2) is 16.7 Å². The van der Waals surface area contributed by atoms with Crippen LogP contribution in [0.1, 0.15) is 12.3 Å². The number of aryl methyl sites for hydroxylation is 1. The molecule has 0 aliphatic rings. The number of aromatic nitrogens is 2. The second-order valence-corrected chi connectivity index (χ2v) is 3.38. The summed E-state index contributed by atoms with van der Waals surface area (Å²) >= 11 is 5.63. The lowest BCUT2D eigenvalue weighted by Crippen LogP contribution is -2.00. The quantitative estimate of drug-likeness (QED) is 0.863. The Morgan fingerprint density at radius 2 is 2.27 bits per heavy atom. The molecule has 0 unspecified atom stereocenters. The van der Waals surface area contributed by atoms with Crippen LogP contribution >= 0.6 is 11.6 Å². The smallest absolute Gasteiger partial charge is 0.238 e. The van der Waals surface area contributed by atoms with Gasteiger partial charge in [-0.15, -0.1) is 0 Å². The molecule has 0 atom stereocenters. The first-order chi connectivity index (χ1) is 7.29. The van der Waals surface area contributed by atoms with Crippen molar-refractivity contribution in [2.75, 3.05) is 6.54 Å². The normalized spacial score (nSPS) is 10.8. The van der Waals surface area contributed by atoms with Gasteiger partial charge in [-0.1, -0.05) is 5.16 Å². The monoisotopic (exact) mass is 227 g/mol. The van der Waals surface area contributed by atoms with Gasteiger partial charge >= 0.3 is 0 Å². The molecular weight excluding hydrogens is 218 g/mol. The van der Waals surface area contributed by atoms with Crippen LogP contribution in [0.2, 0.25) is 5.22 Å². The Kier molecular flexibility index (Phi) is 3.03. The molecule has 0 radical (unpaired) electrons. The SMILES string of the molecule is NCCCc1nc(-c2ccc(Cl)o2)no1. The molecule has 0 bridgehead atoms. The zero-order valence-electron chi connectivity index (χ0n) is 7.94. The Morgan fingerprint density at radius 1 is 1.40 bits per heavy atom. The molecule has 2 heterocycles. The number of hydrogen-bond acceptors (Lipinski definition) is 5. The van der Waals surface area contributed by atoms with Gasteiger partial charge in [0.15, 0.2) is 11.0 Å². The summed E-state index contributed by atoms with van der Waals surface area (Å²) in [6.07, 6.45) is 1.50. The molecule has 80 valence electrons. The molecule has 2 N–H and O–H groups in total. The molecule has 0 aromatic carbocycles. The van der Waals surface area contributed by atoms with Gasteiger partial charge in [-0.25, -0.2) is 0 Å². The number of furan rings is 1. The summed E-state index contributed by atoms with van der Waals surface area (Å²) in [7, 11) is 0. The largest absolute Gasteiger partial charge is 0.441 e. The summed E-state index contributed by atoms with van der Waals surface area (Å²) in [5.41, 5.74) is 5.37. The van der Waals surface area contributed by atoms with E-state index in [2.05, 4.69) is 10.1 Å². The molecule has 2 rings (SSSR count). The van der Waals surface area contributed by atoms with Crippen molar-refractivity contribution in [1.82, 2.24) is 10.1 Å². The van der Waals surface area contributed by atoms with Crippen LogP contribution in [0.4, 0.5) is 0 Å². The summed E-state index contributed by atoms with van der Waals surface area (Å²) in [5.74, 6) is 1.47. The van der Waals surface area contributed by atoms with Gasteiger partial charge < -0.3 is 14.7 Å². The van der Waals surface area contributed by atoms with Crippen molar-refractivity contribution in [2.45, 2.75) is 12.8 Å². The van der Waals surface area contributed by atoms with Crippen LogP contribution in [-0.2, 0) is 6.42 Å². The van der Waals surface area contributed by atoms with Crippen molar-refractivity contribution in [2.24, 2.45) is 5.73 Å². The summed E-state index contributed by atoms with van der Waals surface area (Å²) in [4.78, 5) is 4.15. The van der Waals surface area contributed by atoms with Crippen LogP contribution in [0.3, 0.4) is 0 Å². The van der Waals surface area contributed by atoms with Crippen molar-refractivity contribution in [3.05, 3.63) is 23.2 Å². The van der Waals surface area contributed by atoms with E-state index in [9.17, 15) is 0 Å². The zero-order chi connectivity index (χ0) is 10.7. The number of nitrogens with two attached hydrogens (primary N) is 1. The minimum absolute atomic E-state index is 0.304. The fraction of sp³-hybridized carbons (Fsp3) is 0.333. The first-order valence-electron chi connectivity index (χ1n) is 4.58. The van der Waals surface area contributed by atoms with Crippen LogP contribution in [0, 0.1) is 0 Å². The second kappa shape index (κ2) is 4.46. The molecule has 5 nitrogen and oxygen atoms in total. The zero-order valence-corrected chi connectivity index (χ0v) is 8.70. The molecule has 0 saturated carbocycles. The Hall–Kier alpha value is -1.33. The first-order valence-corrected chi connectivity index (χ1v) is 4.96. The maximum atomic E-state index is 5.63. The van der Waals surface area contributed by atoms with Gasteiger partial charge in [0.2, 0.25) is 11.7 Å². The van der Waals surface area contributed by atoms with E-state index < -0.39 is 0 Å². The van der Waals surface area contributed by atoms with Crippen LogP contribution in [0.5, 0.6) is 0 Å². The lowest BCUT2D eigenvalue weighted by molar-refractivity contribution is 0.375. The van der Waals surface area contributed by atoms with E-state index in [1.807, 2.05) is 0 Å². The predicted molar refractivity (Wildman–Crippen MR) is 54.4 cm³/mol. The van der Waals surface area contributed by atoms with Crippen molar-refractivity contribution >= 4 is 11.6 Å². The molecule has 2 aromatic heterocycles. The lowest BCUT2D eigenvalue weighted by atomic mass is 10.3. The molecule has 0 aliphatic carbocycles. The molecule has 0 aliphatic heterocycles. The van der Waals surface area contributed by atoms with E-state index in [1.165, 1.54) is 0 Å². The summed E-state index contributed by atoms with van der Waals surface area (Å²) < 4.78 is 10.2. The average Bonchev–Trinajstić information content (AvgIpc) is 2.83. The van der Waals surface area contributed by atoms with E-state index in [0.29, 0.717) is 35.7 Å². The van der Waals surface area contributed by atoms with Crippen molar-refractivity contribution in [3.8, 4) is 11.6 Å². The number of hydrogen-bond donors (Lipinski definition) is 1. The minimum atomic E-state index is 0.304. The molecular formula is C9H10ClN3O2. The average molecular weight is 228 g/mol. The summed E-state index contributed by atoms with van der Waals surface area (Å²) in [5, 5.41) is 4.08. The highest BCUT2D eigenvalue weighted by Gasteiger charge is 2.11. The van der Waals surface area contributed by atoms with Crippen LogP contribution in [0.15, 0.2) is 21.1 Å². The Balaban J connectivity index is 2.13. The second-order valence-electron chi connectivity index (χ2n) is 3.01. The highest BCUT2D eigenvalue weighted by atomic mass is 35.5. The van der Waals surface area contributed by atoms with Gasteiger partial charge in [0.25, 0.3) is 0 Å². The van der Waals surface area contributed by atoms with Gasteiger partial charge in [-0.2, -0.15) is 4.98 Å². The highest BCUT2D eigenvalue weighted by Crippen LogP contribution is 2.22. The third-order valence-corrected chi connectivity index (χ3v) is 2.06. The van der Waals surface area contributed by atoms with Crippen molar-refractivity contribution in [1.29, 1.82) is 0 Å². The molecule has 0 spiro atoms. The molecule has 2 aromatic rings. The fourth-order valence-electron chi connectivity index (χ4n) is 1.14. The number of rotatable bonds is 4. The van der Waals surface area contributed by atoms with Gasteiger partial charge in [0.1, 0.15) is 0 Å². The van der Waals surface area contributed by atoms with E-state index in [4.69, 9.17) is 26.3 Å². The van der Waals surface area contributed by atoms with E-state index in [0.717, 1.165) is 6.42 Å². The number of halogens is 1. The van der Waals surface area contributed by atoms with Crippen LogP contribution < -0.4 is 5.73 Å². The summed E-state index contributed by atoms with van der Waals surface area (Å²) in [6.45, 7) is 0.601. The van der Waals surface area contributed by atoms with Gasteiger partial charge in [-0.05, 0) is 36.7 Å². The standard InChI is InChI=1S/C9H10ClN3O2/c10-7-4-3-6(14-7)9-12-8(15-13-9)2-1-5-11/h3-4H,1-2,5,11H2. The van der Waals surface area contributed by atoms with Gasteiger partial charge in [-0.3, -0.25) is 0 Å². The van der Waals surface area contributed by atoms with E-state index in [1.54, 1.807) is 12.1 Å². The van der Waals surface area contributed by atoms with Crippen LogP contribution in [0.25, 0.3) is 11.6 Å². The molecule has 0 fully saturated rings. The predicted octanol–water partition coefficient (Wildman–Crippen LogP) is 1.87. The molecule has 0 saturated heterocycles. The topological polar surface area (TPSA) is 78.1 Å². The van der Waals surface area contributed by atoms with E-state index in [-0.39, 0.29) is 0 Å². The Morgan fingerprint density at radius 3 is 2.93 bits per heavy atom. The Bertz CT molecular complexity index is 438. The van der Waals surface area contributed by atoms with Gasteiger partial charge in [0.05, 0.1) is 0 Å². The third-order valence-electron chi connectivity index (χ3n) is 1.86. The lowest BCUT2D eigenvalue weighted by Gasteiger charge is -1.88. The first kappa shape index (κ1) is 10.2. The summed E-state index contributed by atoms with van der Waals surface area (Å²) in [6, 6.07) is 3.33. The van der Waals surface area contributed by atoms with E-state index >= 15 is 0 Å². The van der Waals surface area contributed by atoms with Crippen molar-refractivity contribution in [3.63, 3.8) is 0 Å². The molecule has 15 heavy (non-hydrogen) atoms. The Labute approximate surface area is 91.2 Å². The molecule has 6 heteroatoms. The molecule has 0 amide bonds. The third kappa shape index (κ3) is 2.37. The fourth-order valence-corrected chi connectivity index (χ4v) is 1.29. The minimum Gasteiger partial charge on any atom is -0.441 e. The maximum Gasteiger partial charge on any atom is 0.238 e. The van der Waals surface area contributed by atoms with Crippen molar-refractivity contribution < 1.29 is 8.94 Å².